The smallest absolute Gasteiger partial charge is 0.292 e. The van der Waals surface area contributed by atoms with E-state index in [-0.39, 0.29) is 5.95 Å². The van der Waals surface area contributed by atoms with Crippen LogP contribution in [0, 0.1) is 0 Å². The number of aryl methyl sites for hydroxylation is 1. The minimum atomic E-state index is -0.546. The fourth-order valence-corrected chi connectivity index (χ4v) is 2.24. The summed E-state index contributed by atoms with van der Waals surface area (Å²) in [5.41, 5.74) is 2.07. The van der Waals surface area contributed by atoms with Gasteiger partial charge in [0.1, 0.15) is 5.82 Å². The van der Waals surface area contributed by atoms with Crippen molar-refractivity contribution in [2.75, 3.05) is 5.43 Å². The lowest BCUT2D eigenvalue weighted by atomic mass is 10.3. The van der Waals surface area contributed by atoms with Gasteiger partial charge in [-0.2, -0.15) is 9.97 Å². The molecule has 0 saturated carbocycles. The van der Waals surface area contributed by atoms with Crippen LogP contribution in [0.2, 0.25) is 10.0 Å². The van der Waals surface area contributed by atoms with Gasteiger partial charge >= 0.3 is 5.69 Å². The van der Waals surface area contributed by atoms with E-state index in [0.29, 0.717) is 28.0 Å². The van der Waals surface area contributed by atoms with Crippen molar-refractivity contribution < 1.29 is 0 Å². The molecule has 0 aliphatic carbocycles. The average Bonchev–Trinajstić information content (AvgIpc) is 2.39. The Morgan fingerprint density at radius 3 is 2.47 bits per heavy atom. The first-order valence-corrected chi connectivity index (χ1v) is 6.25. The Bertz CT molecular complexity index is 650. The van der Waals surface area contributed by atoms with E-state index in [0.717, 1.165) is 0 Å². The third kappa shape index (κ3) is 2.56. The minimum absolute atomic E-state index is 0.0567. The number of nitrogens with one attached hydrogen (secondary N) is 1. The number of hydrogen-bond donors (Lipinski definition) is 2. The lowest BCUT2D eigenvalue weighted by Crippen LogP contribution is -2.29. The predicted octanol–water partition coefficient (Wildman–Crippen LogP) is 1.78. The highest BCUT2D eigenvalue weighted by Gasteiger charge is 2.15. The Hall–Kier alpha value is -1.63. The highest BCUT2D eigenvalue weighted by atomic mass is 35.5. The molecule has 3 N–H and O–H groups in total. The van der Waals surface area contributed by atoms with Crippen molar-refractivity contribution in [2.24, 2.45) is 5.84 Å². The van der Waals surface area contributed by atoms with E-state index in [4.69, 9.17) is 29.0 Å². The number of rotatable bonds is 3. The molecule has 19 heavy (non-hydrogen) atoms. The van der Waals surface area contributed by atoms with Crippen LogP contribution in [0.25, 0.3) is 5.69 Å². The largest absolute Gasteiger partial charge is 0.357 e. The van der Waals surface area contributed by atoms with Gasteiger partial charge in [-0.05, 0) is 12.1 Å². The van der Waals surface area contributed by atoms with Crippen LogP contribution in [0.4, 0.5) is 5.95 Å². The number of nitrogens with two attached hydrogens (primary N) is 1. The van der Waals surface area contributed by atoms with Crippen molar-refractivity contribution >= 4 is 29.2 Å². The zero-order chi connectivity index (χ0) is 14.0. The Kier molecular flexibility index (Phi) is 4.04. The molecular formula is C11H11Cl2N5O. The van der Waals surface area contributed by atoms with E-state index in [1.165, 1.54) is 4.57 Å². The van der Waals surface area contributed by atoms with Crippen molar-refractivity contribution in [3.05, 3.63) is 44.6 Å². The van der Waals surface area contributed by atoms with Gasteiger partial charge in [0.25, 0.3) is 0 Å². The van der Waals surface area contributed by atoms with Crippen LogP contribution < -0.4 is 17.0 Å². The van der Waals surface area contributed by atoms with E-state index in [9.17, 15) is 4.79 Å². The molecule has 0 saturated heterocycles. The van der Waals surface area contributed by atoms with E-state index >= 15 is 0 Å². The normalized spacial score (nSPS) is 10.5. The van der Waals surface area contributed by atoms with Crippen LogP contribution in [0.5, 0.6) is 0 Å². The van der Waals surface area contributed by atoms with Gasteiger partial charge in [-0.3, -0.25) is 5.43 Å². The number of nitrogen functional groups attached to an aromatic ring is 1. The molecule has 0 radical (unpaired) electrons. The summed E-state index contributed by atoms with van der Waals surface area (Å²) in [6, 6.07) is 4.98. The van der Waals surface area contributed by atoms with E-state index in [1.807, 2.05) is 6.92 Å². The van der Waals surface area contributed by atoms with Gasteiger partial charge in [0.05, 0.1) is 15.7 Å². The lowest BCUT2D eigenvalue weighted by molar-refractivity contribution is 0.770. The van der Waals surface area contributed by atoms with Crippen molar-refractivity contribution in [1.29, 1.82) is 0 Å². The van der Waals surface area contributed by atoms with Gasteiger partial charge < -0.3 is 0 Å². The monoisotopic (exact) mass is 299 g/mol. The second kappa shape index (κ2) is 5.56. The maximum atomic E-state index is 12.1. The summed E-state index contributed by atoms with van der Waals surface area (Å²) in [4.78, 5) is 19.9. The molecule has 6 nitrogen and oxygen atoms in total. The molecule has 1 heterocycles. The minimum Gasteiger partial charge on any atom is -0.292 e. The molecule has 0 spiro atoms. The molecule has 0 aliphatic rings. The molecule has 1 aromatic carbocycles. The molecule has 0 fully saturated rings. The molecule has 1 aromatic heterocycles. The summed E-state index contributed by atoms with van der Waals surface area (Å²) in [5, 5.41) is 0.697. The van der Waals surface area contributed by atoms with E-state index < -0.39 is 5.69 Å². The molecule has 100 valence electrons. The van der Waals surface area contributed by atoms with Crippen LogP contribution in [-0.4, -0.2) is 14.5 Å². The average molecular weight is 300 g/mol. The highest BCUT2D eigenvalue weighted by Crippen LogP contribution is 2.27. The van der Waals surface area contributed by atoms with Crippen LogP contribution in [0.15, 0.2) is 23.0 Å². The number of hydrazine groups is 1. The van der Waals surface area contributed by atoms with E-state index in [2.05, 4.69) is 15.4 Å². The Labute approximate surface area is 119 Å². The second-order valence-electron chi connectivity index (χ2n) is 3.65. The first-order chi connectivity index (χ1) is 9.08. The fourth-order valence-electron chi connectivity index (χ4n) is 1.68. The second-order valence-corrected chi connectivity index (χ2v) is 4.46. The zero-order valence-corrected chi connectivity index (χ0v) is 11.5. The van der Waals surface area contributed by atoms with Crippen molar-refractivity contribution in [1.82, 2.24) is 14.5 Å². The third-order valence-electron chi connectivity index (χ3n) is 2.49. The summed E-state index contributed by atoms with van der Waals surface area (Å²) in [6.07, 6.45) is 0.494. The number of halogens is 2. The Morgan fingerprint density at radius 2 is 1.95 bits per heavy atom. The molecule has 2 rings (SSSR count). The first kappa shape index (κ1) is 13.8. The van der Waals surface area contributed by atoms with Gasteiger partial charge in [0.2, 0.25) is 5.95 Å². The number of anilines is 1. The standard InChI is InChI=1S/C11H11Cl2N5O/c1-2-8-15-10(17-14)16-11(19)18(8)9-6(12)4-3-5-7(9)13/h3-5H,2,14H2,1H3,(H,16,17,19). The van der Waals surface area contributed by atoms with Gasteiger partial charge in [-0.15, -0.1) is 0 Å². The number of nitrogens with zero attached hydrogens (tertiary/aromatic N) is 3. The lowest BCUT2D eigenvalue weighted by Gasteiger charge is -2.13. The van der Waals surface area contributed by atoms with Crippen molar-refractivity contribution in [3.63, 3.8) is 0 Å². The summed E-state index contributed by atoms with van der Waals surface area (Å²) < 4.78 is 1.28. The maximum absolute atomic E-state index is 12.1. The number of benzene rings is 1. The summed E-state index contributed by atoms with van der Waals surface area (Å²) in [6.45, 7) is 1.85. The molecule has 2 aromatic rings. The zero-order valence-electron chi connectivity index (χ0n) is 10.0. The summed E-state index contributed by atoms with van der Waals surface area (Å²) in [5.74, 6) is 5.73. The first-order valence-electron chi connectivity index (χ1n) is 5.49. The van der Waals surface area contributed by atoms with Crippen LogP contribution in [-0.2, 0) is 6.42 Å². The molecule has 8 heteroatoms. The number of para-hydroxylation sites is 1. The molecule has 0 amide bonds. The van der Waals surface area contributed by atoms with Crippen LogP contribution in [0.1, 0.15) is 12.7 Å². The van der Waals surface area contributed by atoms with Gasteiger partial charge in [-0.25, -0.2) is 15.2 Å². The maximum Gasteiger partial charge on any atom is 0.357 e. The number of hydrogen-bond acceptors (Lipinski definition) is 5. The molecular weight excluding hydrogens is 289 g/mol. The molecule has 0 atom stereocenters. The van der Waals surface area contributed by atoms with E-state index in [1.54, 1.807) is 18.2 Å². The van der Waals surface area contributed by atoms with Crippen LogP contribution >= 0.6 is 23.2 Å². The Balaban J connectivity index is 2.79. The van der Waals surface area contributed by atoms with Gasteiger partial charge in [-0.1, -0.05) is 36.2 Å². The Morgan fingerprint density at radius 1 is 1.32 bits per heavy atom. The highest BCUT2D eigenvalue weighted by molar-refractivity contribution is 6.37. The SMILES string of the molecule is CCc1nc(NN)nc(=O)n1-c1c(Cl)cccc1Cl. The summed E-state index contributed by atoms with van der Waals surface area (Å²) in [7, 11) is 0. The van der Waals surface area contributed by atoms with Gasteiger partial charge in [0.15, 0.2) is 0 Å². The topological polar surface area (TPSA) is 85.8 Å². The van der Waals surface area contributed by atoms with Crippen LogP contribution in [0.3, 0.4) is 0 Å². The number of aromatic nitrogens is 3. The molecule has 0 unspecified atom stereocenters. The molecule has 0 bridgehead atoms. The van der Waals surface area contributed by atoms with Gasteiger partial charge in [0, 0.05) is 6.42 Å². The molecule has 0 aliphatic heterocycles. The van der Waals surface area contributed by atoms with Crippen molar-refractivity contribution in [2.45, 2.75) is 13.3 Å². The quantitative estimate of drug-likeness (QED) is 0.666. The van der Waals surface area contributed by atoms with Crippen molar-refractivity contribution in [3.8, 4) is 5.69 Å². The predicted molar refractivity (Wildman–Crippen MR) is 74.8 cm³/mol. The summed E-state index contributed by atoms with van der Waals surface area (Å²) >= 11 is 12.2. The third-order valence-corrected chi connectivity index (χ3v) is 3.10. The fraction of sp³-hybridized carbons (Fsp3) is 0.182.